The van der Waals surface area contributed by atoms with Crippen LogP contribution in [0.1, 0.15) is 55.5 Å². The summed E-state index contributed by atoms with van der Waals surface area (Å²) in [7, 11) is 0. The molecule has 5 aromatic rings. The third-order valence-corrected chi connectivity index (χ3v) is 9.08. The minimum absolute atomic E-state index is 0.0927. The van der Waals surface area contributed by atoms with E-state index in [9.17, 15) is 5.26 Å². The molecule has 4 aromatic carbocycles. The van der Waals surface area contributed by atoms with Gasteiger partial charge in [0.2, 0.25) is 6.71 Å². The number of benzene rings is 4. The van der Waals surface area contributed by atoms with Gasteiger partial charge in [0.05, 0.1) is 17.1 Å². The number of para-hydroxylation sites is 1. The predicted octanol–water partition coefficient (Wildman–Crippen LogP) is 4.76. The maximum atomic E-state index is 10.2. The molecule has 0 spiro atoms. The zero-order chi connectivity index (χ0) is 23.1. The van der Waals surface area contributed by atoms with Crippen molar-refractivity contribution in [1.82, 2.24) is 4.57 Å². The molecule has 0 unspecified atom stereocenters. The number of hydrogen-bond acceptors (Lipinski definition) is 1. The first-order chi connectivity index (χ1) is 16.4. The van der Waals surface area contributed by atoms with E-state index in [2.05, 4.69) is 99.0 Å². The van der Waals surface area contributed by atoms with Crippen LogP contribution in [-0.4, -0.2) is 11.3 Å². The summed E-state index contributed by atoms with van der Waals surface area (Å²) in [5.74, 6) is 0. The van der Waals surface area contributed by atoms with Crippen LogP contribution in [0.2, 0.25) is 0 Å². The number of rotatable bonds is 0. The average Bonchev–Trinajstić information content (AvgIpc) is 3.18. The topological polar surface area (TPSA) is 28.7 Å². The molecule has 0 atom stereocenters. The van der Waals surface area contributed by atoms with E-state index in [1.807, 2.05) is 6.07 Å². The van der Waals surface area contributed by atoms with Crippen molar-refractivity contribution in [3.8, 4) is 11.8 Å². The lowest BCUT2D eigenvalue weighted by Gasteiger charge is -2.49. The quantitative estimate of drug-likeness (QED) is 0.317. The molecule has 3 heteroatoms. The van der Waals surface area contributed by atoms with Crippen LogP contribution in [0.4, 0.5) is 0 Å². The van der Waals surface area contributed by atoms with Crippen molar-refractivity contribution in [2.24, 2.45) is 0 Å². The normalized spacial score (nSPS) is 17.2. The van der Waals surface area contributed by atoms with Gasteiger partial charge in [0.25, 0.3) is 0 Å². The summed E-state index contributed by atoms with van der Waals surface area (Å²) in [6.07, 6.45) is 0. The van der Waals surface area contributed by atoms with Crippen molar-refractivity contribution >= 4 is 44.9 Å². The fraction of sp³-hybridized carbons (Fsp3) is 0.194. The number of fused-ring (bicyclic) bond motifs is 4. The van der Waals surface area contributed by atoms with E-state index in [1.165, 1.54) is 66.1 Å². The number of nitrogens with zero attached hydrogens (tertiary/aromatic N) is 2. The van der Waals surface area contributed by atoms with Crippen LogP contribution in [0.25, 0.3) is 27.5 Å². The standard InChI is InChI=1S/C31H23BN2/c1-30(2)20-9-7-10-21-26(20)32-27-22(30)14-13-19-18-8-5-6-11-23(18)34(29(19)27)24-15-12-17(16-33)25(28(24)32)31(21,3)4/h5-15H,1-4H3. The Hall–Kier alpha value is -3.77. The van der Waals surface area contributed by atoms with Gasteiger partial charge in [-0.1, -0.05) is 81.7 Å². The van der Waals surface area contributed by atoms with Crippen LogP contribution < -0.4 is 16.4 Å². The summed E-state index contributed by atoms with van der Waals surface area (Å²) in [4.78, 5) is 0. The van der Waals surface area contributed by atoms with E-state index in [0.29, 0.717) is 0 Å². The molecule has 160 valence electrons. The Morgan fingerprint density at radius 3 is 2.24 bits per heavy atom. The first-order valence-corrected chi connectivity index (χ1v) is 12.2. The van der Waals surface area contributed by atoms with E-state index in [1.54, 1.807) is 0 Å². The van der Waals surface area contributed by atoms with Gasteiger partial charge in [-0.05, 0) is 51.4 Å². The summed E-state index contributed by atoms with van der Waals surface area (Å²) in [6.45, 7) is 9.55. The smallest absolute Gasteiger partial charge is 0.248 e. The highest BCUT2D eigenvalue weighted by atomic mass is 15.0. The summed E-state index contributed by atoms with van der Waals surface area (Å²) in [6, 6.07) is 27.2. The number of nitriles is 1. The summed E-state index contributed by atoms with van der Waals surface area (Å²) in [5, 5.41) is 12.8. The fourth-order valence-electron chi connectivity index (χ4n) is 7.71. The zero-order valence-corrected chi connectivity index (χ0v) is 19.8. The maximum absolute atomic E-state index is 10.2. The van der Waals surface area contributed by atoms with E-state index < -0.39 is 0 Å². The minimum Gasteiger partial charge on any atom is -0.310 e. The van der Waals surface area contributed by atoms with Crippen molar-refractivity contribution < 1.29 is 0 Å². The Bertz CT molecular complexity index is 1830. The van der Waals surface area contributed by atoms with Gasteiger partial charge in [-0.3, -0.25) is 0 Å². The molecule has 0 N–H and O–H groups in total. The molecule has 1 aromatic heterocycles. The lowest BCUT2D eigenvalue weighted by Crippen LogP contribution is -2.68. The highest BCUT2D eigenvalue weighted by molar-refractivity contribution is 7.00. The predicted molar refractivity (Wildman–Crippen MR) is 141 cm³/mol. The monoisotopic (exact) mass is 434 g/mol. The van der Waals surface area contributed by atoms with E-state index in [0.717, 1.165) is 5.56 Å². The highest BCUT2D eigenvalue weighted by Gasteiger charge is 2.52. The Kier molecular flexibility index (Phi) is 3.00. The molecule has 3 aliphatic heterocycles. The van der Waals surface area contributed by atoms with Gasteiger partial charge >= 0.3 is 0 Å². The van der Waals surface area contributed by atoms with Gasteiger partial charge in [-0.25, -0.2) is 0 Å². The SMILES string of the molecule is CC1(C)c2cccc3c2B2c4c(ccc(C#N)c4C3(C)C)-n3c4ccccc4c4ccc1c2c43. The van der Waals surface area contributed by atoms with Crippen molar-refractivity contribution in [3.05, 3.63) is 94.5 Å². The van der Waals surface area contributed by atoms with Crippen LogP contribution in [0.5, 0.6) is 0 Å². The Morgan fingerprint density at radius 2 is 1.44 bits per heavy atom. The molecule has 0 amide bonds. The molecule has 8 rings (SSSR count). The maximum Gasteiger partial charge on any atom is 0.248 e. The van der Waals surface area contributed by atoms with E-state index >= 15 is 0 Å². The lowest BCUT2D eigenvalue weighted by atomic mass is 9.26. The van der Waals surface area contributed by atoms with Crippen LogP contribution in [-0.2, 0) is 10.8 Å². The molecular weight excluding hydrogens is 411 g/mol. The van der Waals surface area contributed by atoms with Gasteiger partial charge in [-0.15, -0.1) is 0 Å². The molecule has 0 bridgehead atoms. The molecule has 0 aliphatic carbocycles. The first kappa shape index (κ1) is 18.6. The third-order valence-electron chi connectivity index (χ3n) is 9.08. The van der Waals surface area contributed by atoms with Crippen molar-refractivity contribution in [2.75, 3.05) is 0 Å². The molecule has 4 heterocycles. The Morgan fingerprint density at radius 1 is 0.706 bits per heavy atom. The second-order valence-electron chi connectivity index (χ2n) is 11.3. The van der Waals surface area contributed by atoms with Crippen molar-refractivity contribution in [1.29, 1.82) is 5.26 Å². The minimum atomic E-state index is -0.250. The van der Waals surface area contributed by atoms with Crippen LogP contribution in [0.15, 0.2) is 66.7 Å². The van der Waals surface area contributed by atoms with Gasteiger partial charge in [0, 0.05) is 32.8 Å². The summed E-state index contributed by atoms with van der Waals surface area (Å²) >= 11 is 0. The van der Waals surface area contributed by atoms with Crippen molar-refractivity contribution in [2.45, 2.75) is 38.5 Å². The highest BCUT2D eigenvalue weighted by Crippen LogP contribution is 2.46. The Labute approximate surface area is 199 Å². The second kappa shape index (κ2) is 5.48. The van der Waals surface area contributed by atoms with Gasteiger partial charge in [0.15, 0.2) is 0 Å². The van der Waals surface area contributed by atoms with E-state index in [-0.39, 0.29) is 17.5 Å². The average molecular weight is 434 g/mol. The zero-order valence-electron chi connectivity index (χ0n) is 19.8. The molecule has 3 aliphatic rings. The number of aromatic nitrogens is 1. The summed E-state index contributed by atoms with van der Waals surface area (Å²) in [5.41, 5.74) is 14.0. The fourth-order valence-corrected chi connectivity index (χ4v) is 7.71. The van der Waals surface area contributed by atoms with Gasteiger partial charge < -0.3 is 4.57 Å². The molecule has 34 heavy (non-hydrogen) atoms. The van der Waals surface area contributed by atoms with E-state index in [4.69, 9.17) is 0 Å². The largest absolute Gasteiger partial charge is 0.310 e. The second-order valence-corrected chi connectivity index (χ2v) is 11.3. The van der Waals surface area contributed by atoms with Crippen LogP contribution in [0.3, 0.4) is 0 Å². The molecule has 0 radical (unpaired) electrons. The lowest BCUT2D eigenvalue weighted by molar-refractivity contribution is 0.620. The van der Waals surface area contributed by atoms with Gasteiger partial charge in [0.1, 0.15) is 0 Å². The Balaban J connectivity index is 1.73. The summed E-state index contributed by atoms with van der Waals surface area (Å²) < 4.78 is 2.49. The molecule has 2 nitrogen and oxygen atoms in total. The molecular formula is C31H23BN2. The number of hydrogen-bond donors (Lipinski definition) is 0. The van der Waals surface area contributed by atoms with Crippen molar-refractivity contribution in [3.63, 3.8) is 0 Å². The van der Waals surface area contributed by atoms with Crippen LogP contribution >= 0.6 is 0 Å². The molecule has 0 saturated carbocycles. The molecule has 0 saturated heterocycles. The third kappa shape index (κ3) is 1.76. The first-order valence-electron chi connectivity index (χ1n) is 12.2. The van der Waals surface area contributed by atoms with Crippen LogP contribution in [0, 0.1) is 11.3 Å². The molecule has 0 fully saturated rings. The van der Waals surface area contributed by atoms with Gasteiger partial charge in [-0.2, -0.15) is 5.26 Å².